The molecular weight excluding hydrogens is 562 g/mol. The van der Waals surface area contributed by atoms with Crippen molar-refractivity contribution < 1.29 is 48.6 Å². The van der Waals surface area contributed by atoms with E-state index >= 15 is 0 Å². The van der Waals surface area contributed by atoms with Crippen molar-refractivity contribution >= 4 is 22.6 Å². The molecule has 0 spiro atoms. The minimum Gasteiger partial charge on any atom is -0.495 e. The maximum absolute atomic E-state index is 13.5. The molecule has 0 saturated carbocycles. The summed E-state index contributed by atoms with van der Waals surface area (Å²) in [5, 5.41) is 45.3. The molecule has 0 bridgehead atoms. The third kappa shape index (κ3) is 5.54. The number of carbonyl (C=O) groups excluding carboxylic acids is 1. The Morgan fingerprint density at radius 3 is 2.26 bits per heavy atom. The average molecular weight is 594 g/mol. The second kappa shape index (κ2) is 12.4. The van der Waals surface area contributed by atoms with E-state index in [2.05, 4.69) is 5.32 Å². The van der Waals surface area contributed by atoms with Crippen LogP contribution >= 0.6 is 0 Å². The van der Waals surface area contributed by atoms with Crippen LogP contribution in [0.25, 0.3) is 22.3 Å². The van der Waals surface area contributed by atoms with Crippen molar-refractivity contribution in [1.82, 2.24) is 0 Å². The molecule has 0 radical (unpaired) electrons. The van der Waals surface area contributed by atoms with Crippen molar-refractivity contribution in [3.8, 4) is 28.6 Å². The number of methoxy groups -OCH3 is 3. The number of aliphatic hydroxyl groups is 4. The van der Waals surface area contributed by atoms with Gasteiger partial charge in [0.25, 0.3) is 5.91 Å². The summed E-state index contributed by atoms with van der Waals surface area (Å²) in [5.41, 5.74) is 0.624. The van der Waals surface area contributed by atoms with E-state index in [-0.39, 0.29) is 33.6 Å². The van der Waals surface area contributed by atoms with Crippen LogP contribution in [0.5, 0.6) is 17.2 Å². The Kier molecular flexibility index (Phi) is 8.67. The first-order valence-electron chi connectivity index (χ1n) is 13.3. The number of aliphatic hydroxyl groups excluding tert-OH is 4. The minimum absolute atomic E-state index is 0.0135. The summed E-state index contributed by atoms with van der Waals surface area (Å²) in [5.74, 6) is 0.226. The van der Waals surface area contributed by atoms with E-state index in [9.17, 15) is 30.0 Å². The quantitative estimate of drug-likeness (QED) is 0.202. The second-order valence-electron chi connectivity index (χ2n) is 9.86. The molecule has 2 heterocycles. The lowest BCUT2D eigenvalue weighted by Gasteiger charge is -2.41. The van der Waals surface area contributed by atoms with Crippen LogP contribution in [0.3, 0.4) is 0 Å². The second-order valence-corrected chi connectivity index (χ2v) is 9.86. The van der Waals surface area contributed by atoms with E-state index in [1.165, 1.54) is 33.5 Å². The molecule has 5 N–H and O–H groups in total. The molecule has 1 fully saturated rings. The summed E-state index contributed by atoms with van der Waals surface area (Å²) >= 11 is 0. The van der Waals surface area contributed by atoms with Gasteiger partial charge in [0.05, 0.1) is 27.9 Å². The van der Waals surface area contributed by atoms with Gasteiger partial charge in [0.1, 0.15) is 46.9 Å². The summed E-state index contributed by atoms with van der Waals surface area (Å²) < 4.78 is 28.2. The molecule has 43 heavy (non-hydrogen) atoms. The Morgan fingerprint density at radius 2 is 1.60 bits per heavy atom. The Bertz CT molecular complexity index is 1690. The predicted octanol–water partition coefficient (Wildman–Crippen LogP) is 2.14. The molecule has 12 heteroatoms. The highest BCUT2D eigenvalue weighted by atomic mass is 16.5. The van der Waals surface area contributed by atoms with Gasteiger partial charge in [0, 0.05) is 22.9 Å². The lowest BCUT2D eigenvalue weighted by molar-refractivity contribution is -0.221. The molecule has 5 atom stereocenters. The van der Waals surface area contributed by atoms with E-state index in [0.717, 1.165) is 0 Å². The van der Waals surface area contributed by atoms with E-state index < -0.39 is 48.5 Å². The molecule has 1 aliphatic heterocycles. The van der Waals surface area contributed by atoms with Crippen LogP contribution in [0, 0.1) is 0 Å². The number of benzene rings is 3. The summed E-state index contributed by atoms with van der Waals surface area (Å²) in [6, 6.07) is 16.0. The zero-order valence-corrected chi connectivity index (χ0v) is 23.5. The van der Waals surface area contributed by atoms with Gasteiger partial charge in [-0.1, -0.05) is 18.2 Å². The normalized spacial score (nSPS) is 21.8. The fraction of sp³-hybridized carbons (Fsp3) is 0.290. The zero-order chi connectivity index (χ0) is 30.8. The molecule has 0 aliphatic carbocycles. The van der Waals surface area contributed by atoms with Crippen LogP contribution in [0.15, 0.2) is 69.9 Å². The molecule has 1 aliphatic rings. The number of amides is 1. The number of ether oxygens (including phenoxy) is 4. The number of nitrogens with one attached hydrogen (secondary N) is 1. The van der Waals surface area contributed by atoms with Crippen molar-refractivity contribution in [2.75, 3.05) is 26.6 Å². The zero-order valence-electron chi connectivity index (χ0n) is 23.5. The maximum atomic E-state index is 13.5. The number of fused-ring (bicyclic) bond motifs is 1. The van der Waals surface area contributed by atoms with Crippen molar-refractivity contribution in [3.63, 3.8) is 0 Å². The van der Waals surface area contributed by atoms with Gasteiger partial charge in [-0.3, -0.25) is 9.59 Å². The summed E-state index contributed by atoms with van der Waals surface area (Å²) in [7, 11) is 4.26. The first kappa shape index (κ1) is 30.0. The van der Waals surface area contributed by atoms with E-state index in [1.54, 1.807) is 48.5 Å². The topological polar surface area (TPSA) is 177 Å². The van der Waals surface area contributed by atoms with Gasteiger partial charge >= 0.3 is 0 Å². The van der Waals surface area contributed by atoms with E-state index in [1.807, 2.05) is 0 Å². The lowest BCUT2D eigenvalue weighted by atomic mass is 9.87. The first-order valence-corrected chi connectivity index (χ1v) is 13.3. The number of carbonyl (C=O) groups is 1. The van der Waals surface area contributed by atoms with Gasteiger partial charge in [0.15, 0.2) is 23.0 Å². The molecule has 226 valence electrons. The standard InChI is InChI=1S/C31H31NO11/c1-39-19-10-9-15(11-21(19)40-2)20-13-18(34)24-22(42-20)12-16(14-33)23(28(24)41-3)29-26(36)25(35)27(37)30(43-29)31(38)32-17-7-5-4-6-8-17/h4-13,25-27,29-30,33,35-37H,14H2,1-3H3,(H,32,38). The minimum atomic E-state index is -1.82. The molecule has 1 aromatic heterocycles. The SMILES string of the molecule is COc1ccc(-c2cc(=O)c3c(OC)c(C4OC(C(=O)Nc5ccccc5)C(O)C(O)C4O)c(CO)cc3o2)cc1OC. The molecule has 1 amide bonds. The molecule has 5 rings (SSSR count). The molecule has 1 saturated heterocycles. The summed E-state index contributed by atoms with van der Waals surface area (Å²) in [6.07, 6.45) is -8.48. The number of rotatable bonds is 8. The Hall–Kier alpha value is -4.46. The van der Waals surface area contributed by atoms with Crippen molar-refractivity contribution in [3.05, 3.63) is 82.0 Å². The third-order valence-electron chi connectivity index (χ3n) is 7.34. The lowest BCUT2D eigenvalue weighted by Crippen LogP contribution is -2.57. The third-order valence-corrected chi connectivity index (χ3v) is 7.34. The number of hydrogen-bond donors (Lipinski definition) is 5. The van der Waals surface area contributed by atoms with Gasteiger partial charge in [-0.25, -0.2) is 0 Å². The number of hydrogen-bond acceptors (Lipinski definition) is 11. The fourth-order valence-corrected chi connectivity index (χ4v) is 5.21. The van der Waals surface area contributed by atoms with Crippen molar-refractivity contribution in [2.24, 2.45) is 0 Å². The molecule has 4 aromatic rings. The van der Waals surface area contributed by atoms with Crippen LogP contribution in [0.4, 0.5) is 5.69 Å². The van der Waals surface area contributed by atoms with Crippen molar-refractivity contribution in [2.45, 2.75) is 37.1 Å². The Labute approximate surface area is 245 Å². The molecular formula is C31H31NO11. The predicted molar refractivity (Wildman–Crippen MR) is 154 cm³/mol. The summed E-state index contributed by atoms with van der Waals surface area (Å²) in [6.45, 7) is -0.613. The van der Waals surface area contributed by atoms with Gasteiger partial charge < -0.3 is 49.1 Å². The maximum Gasteiger partial charge on any atom is 0.256 e. The first-order chi connectivity index (χ1) is 20.7. The van der Waals surface area contributed by atoms with Crippen LogP contribution < -0.4 is 25.0 Å². The van der Waals surface area contributed by atoms with Crippen LogP contribution in [-0.2, 0) is 16.1 Å². The fourth-order valence-electron chi connectivity index (χ4n) is 5.21. The van der Waals surface area contributed by atoms with Gasteiger partial charge in [-0.15, -0.1) is 0 Å². The smallest absolute Gasteiger partial charge is 0.256 e. The van der Waals surface area contributed by atoms with Gasteiger partial charge in [-0.05, 0) is 42.0 Å². The summed E-state index contributed by atoms with van der Waals surface area (Å²) in [4.78, 5) is 26.6. The molecule has 3 aromatic carbocycles. The molecule has 12 nitrogen and oxygen atoms in total. The highest BCUT2D eigenvalue weighted by Gasteiger charge is 2.48. The van der Waals surface area contributed by atoms with E-state index in [4.69, 9.17) is 23.4 Å². The monoisotopic (exact) mass is 593 g/mol. The highest BCUT2D eigenvalue weighted by Crippen LogP contribution is 2.43. The average Bonchev–Trinajstić information content (AvgIpc) is 3.02. The Balaban J connectivity index is 1.60. The Morgan fingerprint density at radius 1 is 0.884 bits per heavy atom. The van der Waals surface area contributed by atoms with E-state index in [0.29, 0.717) is 22.7 Å². The number of para-hydroxylation sites is 1. The van der Waals surface area contributed by atoms with Crippen LogP contribution in [0.2, 0.25) is 0 Å². The van der Waals surface area contributed by atoms with Crippen LogP contribution in [0.1, 0.15) is 17.2 Å². The highest BCUT2D eigenvalue weighted by molar-refractivity contribution is 5.95. The number of anilines is 1. The van der Waals surface area contributed by atoms with Gasteiger partial charge in [-0.2, -0.15) is 0 Å². The largest absolute Gasteiger partial charge is 0.495 e. The van der Waals surface area contributed by atoms with Crippen molar-refractivity contribution in [1.29, 1.82) is 0 Å². The van der Waals surface area contributed by atoms with Gasteiger partial charge in [0.2, 0.25) is 0 Å². The molecule has 5 unspecified atom stereocenters. The van der Waals surface area contributed by atoms with Crippen LogP contribution in [-0.4, -0.2) is 72.1 Å².